The fourth-order valence-electron chi connectivity index (χ4n) is 3.74. The van der Waals surface area contributed by atoms with Gasteiger partial charge >= 0.3 is 5.97 Å². The van der Waals surface area contributed by atoms with Crippen molar-refractivity contribution in [1.82, 2.24) is 10.3 Å². The first-order chi connectivity index (χ1) is 15.1. The van der Waals surface area contributed by atoms with Crippen LogP contribution >= 0.6 is 0 Å². The molecule has 0 saturated heterocycles. The van der Waals surface area contributed by atoms with Gasteiger partial charge in [-0.2, -0.15) is 0 Å². The summed E-state index contributed by atoms with van der Waals surface area (Å²) in [6, 6.07) is 5.04. The third-order valence-corrected chi connectivity index (χ3v) is 5.68. The van der Waals surface area contributed by atoms with Crippen molar-refractivity contribution in [1.29, 1.82) is 0 Å². The smallest absolute Gasteiger partial charge is 0.328 e. The summed E-state index contributed by atoms with van der Waals surface area (Å²) in [5.41, 5.74) is 1.46. The molecule has 0 radical (unpaired) electrons. The highest BCUT2D eigenvalue weighted by molar-refractivity contribution is 5.97. The van der Waals surface area contributed by atoms with Gasteiger partial charge in [-0.3, -0.25) is 4.79 Å². The predicted molar refractivity (Wildman–Crippen MR) is 118 cm³/mol. The van der Waals surface area contributed by atoms with Gasteiger partial charge in [0, 0.05) is 18.2 Å². The van der Waals surface area contributed by atoms with Crippen LogP contribution in [0.2, 0.25) is 0 Å². The minimum Gasteiger partial charge on any atom is -0.503 e. The summed E-state index contributed by atoms with van der Waals surface area (Å²) >= 11 is 0. The van der Waals surface area contributed by atoms with E-state index in [2.05, 4.69) is 17.2 Å². The second-order valence-corrected chi connectivity index (χ2v) is 7.96. The van der Waals surface area contributed by atoms with E-state index in [1.54, 1.807) is 13.0 Å². The first-order valence-corrected chi connectivity index (χ1v) is 10.6. The Balaban J connectivity index is 2.14. The van der Waals surface area contributed by atoms with E-state index < -0.39 is 29.8 Å². The minimum absolute atomic E-state index is 0.0973. The lowest BCUT2D eigenvalue weighted by Gasteiger charge is -2.31. The van der Waals surface area contributed by atoms with E-state index in [1.807, 2.05) is 13.8 Å². The average Bonchev–Trinajstić information content (AvgIpc) is 2.75. The summed E-state index contributed by atoms with van der Waals surface area (Å²) in [5, 5.41) is 12.6. The lowest BCUT2D eigenvalue weighted by molar-refractivity contribution is -0.151. The molecule has 1 aromatic carbocycles. The predicted octanol–water partition coefficient (Wildman–Crippen LogP) is 4.12. The van der Waals surface area contributed by atoms with Crippen LogP contribution in [0.5, 0.6) is 11.5 Å². The molecule has 0 aliphatic carbocycles. The summed E-state index contributed by atoms with van der Waals surface area (Å²) in [4.78, 5) is 29.1. The molecule has 4 atom stereocenters. The number of pyridine rings is 1. The van der Waals surface area contributed by atoms with Crippen LogP contribution in [0.25, 0.3) is 0 Å². The standard InChI is InChI=1S/C24H31FN2O5/c1-7-13(2)20(18-9-8-17(25)12-14(18)3)16(5)32-24(30)15(4)27-23(29)21-22(28)19(31-6)10-11-26-21/h8-13,15-16,20,28H,7H2,1-6H3,(H,27,29)/t13?,15-,16-,20+/m0/s1. The highest BCUT2D eigenvalue weighted by atomic mass is 19.1. The van der Waals surface area contributed by atoms with E-state index in [-0.39, 0.29) is 29.1 Å². The minimum atomic E-state index is -0.982. The maximum Gasteiger partial charge on any atom is 0.328 e. The number of carbonyl (C=O) groups excluding carboxylic acids is 2. The number of hydrogen-bond donors (Lipinski definition) is 2. The molecule has 0 aliphatic heterocycles. The maximum absolute atomic E-state index is 13.6. The molecule has 0 fully saturated rings. The molecule has 174 valence electrons. The number of amides is 1. The third-order valence-electron chi connectivity index (χ3n) is 5.68. The van der Waals surface area contributed by atoms with Gasteiger partial charge in [0.05, 0.1) is 7.11 Å². The number of methoxy groups -OCH3 is 1. The summed E-state index contributed by atoms with van der Waals surface area (Å²) in [7, 11) is 1.36. The van der Waals surface area contributed by atoms with Gasteiger partial charge in [-0.25, -0.2) is 14.2 Å². The molecular weight excluding hydrogens is 415 g/mol. The van der Waals surface area contributed by atoms with Crippen LogP contribution in [0, 0.1) is 18.7 Å². The monoisotopic (exact) mass is 446 g/mol. The number of carbonyl (C=O) groups is 2. The Labute approximate surface area is 188 Å². The first-order valence-electron chi connectivity index (χ1n) is 10.6. The van der Waals surface area contributed by atoms with Crippen molar-refractivity contribution in [2.75, 3.05) is 7.11 Å². The molecule has 1 heterocycles. The van der Waals surface area contributed by atoms with Gasteiger partial charge < -0.3 is 19.9 Å². The van der Waals surface area contributed by atoms with Gasteiger partial charge in [0.15, 0.2) is 17.2 Å². The lowest BCUT2D eigenvalue weighted by atomic mass is 9.80. The summed E-state index contributed by atoms with van der Waals surface area (Å²) in [6.45, 7) is 9.22. The molecule has 7 nitrogen and oxygen atoms in total. The average molecular weight is 447 g/mol. The lowest BCUT2D eigenvalue weighted by Crippen LogP contribution is -2.42. The van der Waals surface area contributed by atoms with Gasteiger partial charge in [-0.15, -0.1) is 0 Å². The van der Waals surface area contributed by atoms with Gasteiger partial charge in [0.25, 0.3) is 5.91 Å². The molecule has 2 rings (SSSR count). The summed E-state index contributed by atoms with van der Waals surface area (Å²) < 4.78 is 24.3. The van der Waals surface area contributed by atoms with Crippen LogP contribution in [0.1, 0.15) is 61.6 Å². The SMILES string of the molecule is CCC(C)[C@@H](c1ccc(F)cc1C)[C@H](C)OC(=O)[C@H](C)NC(=O)c1nccc(OC)c1O. The Bertz CT molecular complexity index is 965. The van der Waals surface area contributed by atoms with Crippen molar-refractivity contribution in [3.8, 4) is 11.5 Å². The Hall–Kier alpha value is -3.16. The molecule has 32 heavy (non-hydrogen) atoms. The Kier molecular flexibility index (Phi) is 8.57. The van der Waals surface area contributed by atoms with E-state index in [0.717, 1.165) is 17.5 Å². The van der Waals surface area contributed by atoms with Crippen LogP contribution in [-0.2, 0) is 9.53 Å². The number of rotatable bonds is 9. The van der Waals surface area contributed by atoms with E-state index in [9.17, 15) is 19.1 Å². The quantitative estimate of drug-likeness (QED) is 0.562. The number of ether oxygens (including phenoxy) is 2. The molecule has 0 aliphatic rings. The number of aromatic hydroxyl groups is 1. The van der Waals surface area contributed by atoms with Crippen LogP contribution in [0.3, 0.4) is 0 Å². The molecular formula is C24H31FN2O5. The summed E-state index contributed by atoms with van der Waals surface area (Å²) in [6.07, 6.45) is 1.65. The number of benzene rings is 1. The molecule has 1 aromatic heterocycles. The van der Waals surface area contributed by atoms with Crippen LogP contribution in [-0.4, -0.2) is 41.2 Å². The van der Waals surface area contributed by atoms with Crippen LogP contribution in [0.4, 0.5) is 4.39 Å². The van der Waals surface area contributed by atoms with Crippen LogP contribution < -0.4 is 10.1 Å². The second kappa shape index (κ2) is 10.9. The van der Waals surface area contributed by atoms with Gasteiger partial charge in [0.1, 0.15) is 18.0 Å². The molecule has 2 N–H and O–H groups in total. The molecule has 2 aromatic rings. The van der Waals surface area contributed by atoms with Crippen molar-refractivity contribution >= 4 is 11.9 Å². The van der Waals surface area contributed by atoms with Crippen molar-refractivity contribution < 1.29 is 28.6 Å². The molecule has 0 saturated carbocycles. The van der Waals surface area contributed by atoms with E-state index in [1.165, 1.54) is 38.4 Å². The van der Waals surface area contributed by atoms with Crippen molar-refractivity contribution in [2.24, 2.45) is 5.92 Å². The Morgan fingerprint density at radius 1 is 1.22 bits per heavy atom. The number of aryl methyl sites for hydroxylation is 1. The molecule has 0 bridgehead atoms. The van der Waals surface area contributed by atoms with E-state index in [4.69, 9.17) is 9.47 Å². The molecule has 1 amide bonds. The zero-order valence-electron chi connectivity index (χ0n) is 19.3. The van der Waals surface area contributed by atoms with Crippen molar-refractivity contribution in [3.63, 3.8) is 0 Å². The van der Waals surface area contributed by atoms with Crippen molar-refractivity contribution in [3.05, 3.63) is 53.1 Å². The summed E-state index contributed by atoms with van der Waals surface area (Å²) in [5.74, 6) is -1.95. The fraction of sp³-hybridized carbons (Fsp3) is 0.458. The molecule has 8 heteroatoms. The normalized spacial score (nSPS) is 14.7. The van der Waals surface area contributed by atoms with Crippen molar-refractivity contribution in [2.45, 2.75) is 59.1 Å². The van der Waals surface area contributed by atoms with E-state index in [0.29, 0.717) is 0 Å². The van der Waals surface area contributed by atoms with Gasteiger partial charge in [-0.1, -0.05) is 26.3 Å². The highest BCUT2D eigenvalue weighted by Crippen LogP contribution is 2.34. The number of hydrogen-bond acceptors (Lipinski definition) is 6. The molecule has 0 spiro atoms. The van der Waals surface area contributed by atoms with E-state index >= 15 is 0 Å². The highest BCUT2D eigenvalue weighted by Gasteiger charge is 2.31. The zero-order valence-corrected chi connectivity index (χ0v) is 19.3. The number of nitrogens with zero attached hydrogens (tertiary/aromatic N) is 1. The number of nitrogens with one attached hydrogen (secondary N) is 1. The van der Waals surface area contributed by atoms with Crippen LogP contribution in [0.15, 0.2) is 30.5 Å². The second-order valence-electron chi connectivity index (χ2n) is 7.96. The molecule has 1 unspecified atom stereocenters. The largest absolute Gasteiger partial charge is 0.503 e. The number of halogens is 1. The fourth-order valence-corrected chi connectivity index (χ4v) is 3.74. The number of aromatic nitrogens is 1. The number of esters is 1. The van der Waals surface area contributed by atoms with Gasteiger partial charge in [-0.05, 0) is 49.9 Å². The Morgan fingerprint density at radius 2 is 1.91 bits per heavy atom. The topological polar surface area (TPSA) is 97.8 Å². The van der Waals surface area contributed by atoms with Gasteiger partial charge in [0.2, 0.25) is 0 Å². The first kappa shape index (κ1) is 25.1. The Morgan fingerprint density at radius 3 is 2.50 bits per heavy atom. The maximum atomic E-state index is 13.6. The zero-order chi connectivity index (χ0) is 24.0. The third kappa shape index (κ3) is 5.75.